The van der Waals surface area contributed by atoms with Gasteiger partial charge < -0.3 is 10.1 Å². The van der Waals surface area contributed by atoms with Gasteiger partial charge in [-0.3, -0.25) is 4.79 Å². The lowest BCUT2D eigenvalue weighted by molar-refractivity contribution is -0.116. The molecular weight excluding hydrogens is 370 g/mol. The highest BCUT2D eigenvalue weighted by Gasteiger charge is 2.04. The van der Waals surface area contributed by atoms with Gasteiger partial charge in [-0.2, -0.15) is 0 Å². The fraction of sp³-hybridized carbons (Fsp3) is 0.519. The van der Waals surface area contributed by atoms with Gasteiger partial charge in [0.2, 0.25) is 5.91 Å². The van der Waals surface area contributed by atoms with Crippen molar-refractivity contribution in [2.75, 3.05) is 5.32 Å². The quantitative estimate of drug-likeness (QED) is 0.286. The van der Waals surface area contributed by atoms with E-state index in [1.807, 2.05) is 54.6 Å². The van der Waals surface area contributed by atoms with Gasteiger partial charge in [0.1, 0.15) is 12.4 Å². The topological polar surface area (TPSA) is 38.3 Å². The Kier molecular flexibility index (Phi) is 12.4. The summed E-state index contributed by atoms with van der Waals surface area (Å²) in [6.07, 6.45) is 14.8. The van der Waals surface area contributed by atoms with E-state index in [9.17, 15) is 4.79 Å². The molecule has 3 nitrogen and oxygen atoms in total. The van der Waals surface area contributed by atoms with Crippen LogP contribution in [-0.4, -0.2) is 5.91 Å². The first-order valence-electron chi connectivity index (χ1n) is 11.8. The van der Waals surface area contributed by atoms with Crippen molar-refractivity contribution in [1.29, 1.82) is 0 Å². The molecule has 0 aliphatic carbocycles. The number of nitrogens with one attached hydrogen (secondary N) is 1. The zero-order valence-electron chi connectivity index (χ0n) is 18.7. The van der Waals surface area contributed by atoms with Crippen molar-refractivity contribution in [3.8, 4) is 5.75 Å². The van der Waals surface area contributed by atoms with Crippen molar-refractivity contribution in [2.45, 2.75) is 90.6 Å². The van der Waals surface area contributed by atoms with Crippen LogP contribution >= 0.6 is 0 Å². The van der Waals surface area contributed by atoms with E-state index >= 15 is 0 Å². The summed E-state index contributed by atoms with van der Waals surface area (Å²) in [7, 11) is 0. The van der Waals surface area contributed by atoms with Crippen LogP contribution in [0.1, 0.15) is 89.5 Å². The van der Waals surface area contributed by atoms with Gasteiger partial charge in [-0.1, -0.05) is 108 Å². The molecule has 1 amide bonds. The Bertz CT molecular complexity index is 699. The molecule has 164 valence electrons. The number of anilines is 1. The molecule has 0 saturated carbocycles. The smallest absolute Gasteiger partial charge is 0.224 e. The lowest BCUT2D eigenvalue weighted by atomic mass is 10.1. The first-order chi connectivity index (χ1) is 14.8. The highest BCUT2D eigenvalue weighted by Crippen LogP contribution is 2.19. The molecule has 0 aromatic heterocycles. The molecule has 0 unspecified atom stereocenters. The summed E-state index contributed by atoms with van der Waals surface area (Å²) < 4.78 is 5.84. The van der Waals surface area contributed by atoms with Crippen molar-refractivity contribution in [2.24, 2.45) is 0 Å². The Morgan fingerprint density at radius 1 is 0.767 bits per heavy atom. The zero-order chi connectivity index (χ0) is 21.3. The molecule has 0 heterocycles. The van der Waals surface area contributed by atoms with Gasteiger partial charge in [0.15, 0.2) is 0 Å². The monoisotopic (exact) mass is 409 g/mol. The first-order valence-corrected chi connectivity index (χ1v) is 11.8. The normalized spacial score (nSPS) is 10.7. The standard InChI is InChI=1S/C27H39NO2/c1-2-3-4-5-6-7-8-9-10-11-15-21-27(29)28-25-19-16-20-26(22-25)30-23-24-17-13-12-14-18-24/h12-14,16-20,22H,2-11,15,21,23H2,1H3,(H,28,29). The van der Waals surface area contributed by atoms with Crippen molar-refractivity contribution < 1.29 is 9.53 Å². The minimum absolute atomic E-state index is 0.0890. The lowest BCUT2D eigenvalue weighted by Crippen LogP contribution is -2.11. The molecule has 1 N–H and O–H groups in total. The molecule has 0 saturated heterocycles. The van der Waals surface area contributed by atoms with Crippen LogP contribution < -0.4 is 10.1 Å². The number of rotatable bonds is 16. The SMILES string of the molecule is CCCCCCCCCCCCCC(=O)Nc1cccc(OCc2ccccc2)c1. The molecule has 0 aliphatic heterocycles. The van der Waals surface area contributed by atoms with Crippen LogP contribution in [0.3, 0.4) is 0 Å². The molecule has 2 rings (SSSR count). The number of carbonyl (C=O) groups excluding carboxylic acids is 1. The second kappa shape index (κ2) is 15.5. The molecule has 0 fully saturated rings. The van der Waals surface area contributed by atoms with E-state index < -0.39 is 0 Å². The lowest BCUT2D eigenvalue weighted by Gasteiger charge is -2.09. The van der Waals surface area contributed by atoms with Gasteiger partial charge >= 0.3 is 0 Å². The number of hydrogen-bond acceptors (Lipinski definition) is 2. The van der Waals surface area contributed by atoms with E-state index in [0.717, 1.165) is 29.8 Å². The van der Waals surface area contributed by atoms with E-state index in [1.165, 1.54) is 57.8 Å². The molecule has 0 atom stereocenters. The van der Waals surface area contributed by atoms with E-state index in [0.29, 0.717) is 13.0 Å². The second-order valence-corrected chi connectivity index (χ2v) is 8.14. The molecule has 0 bridgehead atoms. The average molecular weight is 410 g/mol. The summed E-state index contributed by atoms with van der Waals surface area (Å²) in [6.45, 7) is 2.79. The van der Waals surface area contributed by atoms with Crippen molar-refractivity contribution in [3.63, 3.8) is 0 Å². The molecule has 2 aromatic rings. The van der Waals surface area contributed by atoms with Crippen LogP contribution in [0.4, 0.5) is 5.69 Å². The maximum absolute atomic E-state index is 12.2. The van der Waals surface area contributed by atoms with Crippen molar-refractivity contribution in [3.05, 3.63) is 60.2 Å². The Morgan fingerprint density at radius 3 is 2.07 bits per heavy atom. The number of ether oxygens (including phenoxy) is 1. The number of benzene rings is 2. The van der Waals surface area contributed by atoms with Crippen LogP contribution in [-0.2, 0) is 11.4 Å². The Labute approximate surface area is 183 Å². The molecule has 3 heteroatoms. The van der Waals surface area contributed by atoms with E-state index in [1.54, 1.807) is 0 Å². The highest BCUT2D eigenvalue weighted by atomic mass is 16.5. The second-order valence-electron chi connectivity index (χ2n) is 8.14. The fourth-order valence-corrected chi connectivity index (χ4v) is 3.58. The third kappa shape index (κ3) is 11.0. The van der Waals surface area contributed by atoms with Crippen LogP contribution in [0.5, 0.6) is 5.75 Å². The van der Waals surface area contributed by atoms with E-state index in [-0.39, 0.29) is 5.91 Å². The van der Waals surface area contributed by atoms with Gasteiger partial charge in [0, 0.05) is 18.2 Å². The van der Waals surface area contributed by atoms with Crippen molar-refractivity contribution >= 4 is 11.6 Å². The fourth-order valence-electron chi connectivity index (χ4n) is 3.58. The van der Waals surface area contributed by atoms with Gasteiger partial charge in [-0.05, 0) is 24.1 Å². The largest absolute Gasteiger partial charge is 0.489 e. The maximum Gasteiger partial charge on any atom is 0.224 e. The molecule has 30 heavy (non-hydrogen) atoms. The summed E-state index contributed by atoms with van der Waals surface area (Å²) in [5.41, 5.74) is 1.93. The molecule has 2 aromatic carbocycles. The number of unbranched alkanes of at least 4 members (excludes halogenated alkanes) is 10. The summed E-state index contributed by atoms with van der Waals surface area (Å²) in [5, 5.41) is 3.00. The summed E-state index contributed by atoms with van der Waals surface area (Å²) >= 11 is 0. The summed E-state index contributed by atoms with van der Waals surface area (Å²) in [5.74, 6) is 0.859. The van der Waals surface area contributed by atoms with Crippen LogP contribution in [0.2, 0.25) is 0 Å². The van der Waals surface area contributed by atoms with Crippen molar-refractivity contribution in [1.82, 2.24) is 0 Å². The van der Waals surface area contributed by atoms with Gasteiger partial charge in [0.05, 0.1) is 0 Å². The number of amides is 1. The number of carbonyl (C=O) groups is 1. The third-order valence-electron chi connectivity index (χ3n) is 5.37. The minimum atomic E-state index is 0.0890. The minimum Gasteiger partial charge on any atom is -0.489 e. The van der Waals surface area contributed by atoms with E-state index in [2.05, 4.69) is 12.2 Å². The molecule has 0 spiro atoms. The summed E-state index contributed by atoms with van der Waals surface area (Å²) in [6, 6.07) is 17.7. The zero-order valence-corrected chi connectivity index (χ0v) is 18.7. The maximum atomic E-state index is 12.2. The van der Waals surface area contributed by atoms with Gasteiger partial charge in [-0.15, -0.1) is 0 Å². The number of hydrogen-bond donors (Lipinski definition) is 1. The Hall–Kier alpha value is -2.29. The van der Waals surface area contributed by atoms with Crippen LogP contribution in [0.15, 0.2) is 54.6 Å². The highest BCUT2D eigenvalue weighted by molar-refractivity contribution is 5.90. The Morgan fingerprint density at radius 2 is 1.40 bits per heavy atom. The average Bonchev–Trinajstić information content (AvgIpc) is 2.77. The summed E-state index contributed by atoms with van der Waals surface area (Å²) in [4.78, 5) is 12.2. The van der Waals surface area contributed by atoms with Crippen LogP contribution in [0.25, 0.3) is 0 Å². The molecule has 0 radical (unpaired) electrons. The Balaban J connectivity index is 1.53. The molecule has 0 aliphatic rings. The molecular formula is C27H39NO2. The van der Waals surface area contributed by atoms with Crippen LogP contribution in [0, 0.1) is 0 Å². The van der Waals surface area contributed by atoms with Gasteiger partial charge in [0.25, 0.3) is 0 Å². The van der Waals surface area contributed by atoms with E-state index in [4.69, 9.17) is 4.74 Å². The third-order valence-corrected chi connectivity index (χ3v) is 5.37. The predicted octanol–water partition coefficient (Wildman–Crippen LogP) is 7.91. The predicted molar refractivity (Wildman–Crippen MR) is 127 cm³/mol. The first kappa shape index (κ1) is 24.0. The van der Waals surface area contributed by atoms with Gasteiger partial charge in [-0.25, -0.2) is 0 Å².